The number of nitrogens with zero attached hydrogens (tertiary/aromatic N) is 3. The van der Waals surface area contributed by atoms with Crippen molar-refractivity contribution < 1.29 is 14.0 Å². The van der Waals surface area contributed by atoms with Crippen LogP contribution in [0.1, 0.15) is 63.6 Å². The summed E-state index contributed by atoms with van der Waals surface area (Å²) in [5.41, 5.74) is 4.49. The van der Waals surface area contributed by atoms with Crippen LogP contribution in [0.4, 0.5) is 10.1 Å². The SMILES string of the molecule is O=C(NC1CCc2ccc(C(=O)N3CCC4(CC3)CCN(c3ccncc3)C4)cc21)c1ccc(F)cc1Cl. The lowest BCUT2D eigenvalue weighted by Crippen LogP contribution is -2.44. The third-order valence-electron chi connectivity index (χ3n) is 8.53. The Kier molecular flexibility index (Phi) is 6.56. The van der Waals surface area contributed by atoms with Crippen molar-refractivity contribution >= 4 is 29.1 Å². The normalized spacial score (nSPS) is 20.0. The van der Waals surface area contributed by atoms with Gasteiger partial charge in [0.2, 0.25) is 0 Å². The van der Waals surface area contributed by atoms with Crippen LogP contribution < -0.4 is 10.2 Å². The van der Waals surface area contributed by atoms with E-state index < -0.39 is 5.82 Å². The van der Waals surface area contributed by atoms with Crippen molar-refractivity contribution in [3.63, 3.8) is 0 Å². The smallest absolute Gasteiger partial charge is 0.253 e. The molecule has 3 heterocycles. The first-order chi connectivity index (χ1) is 18.4. The third kappa shape index (κ3) is 4.75. The number of piperidine rings is 1. The van der Waals surface area contributed by atoms with Crippen LogP contribution in [0, 0.1) is 11.2 Å². The van der Waals surface area contributed by atoms with Crippen LogP contribution in [0.25, 0.3) is 0 Å². The Balaban J connectivity index is 1.11. The maximum Gasteiger partial charge on any atom is 0.253 e. The zero-order chi connectivity index (χ0) is 26.3. The molecular formula is C30H30ClFN4O2. The van der Waals surface area contributed by atoms with Gasteiger partial charge in [-0.3, -0.25) is 14.6 Å². The molecule has 1 spiro atoms. The van der Waals surface area contributed by atoms with Crippen LogP contribution in [0.15, 0.2) is 60.9 Å². The number of carbonyl (C=O) groups excluding carboxylic acids is 2. The van der Waals surface area contributed by atoms with Crippen LogP contribution in [-0.4, -0.2) is 47.9 Å². The zero-order valence-corrected chi connectivity index (χ0v) is 21.9. The second-order valence-electron chi connectivity index (χ2n) is 10.8. The molecule has 1 atom stereocenters. The molecule has 2 saturated heterocycles. The standard InChI is InChI=1S/C30H30ClFN4O2/c31-26-18-22(32)4-5-24(26)28(37)34-27-6-3-20-1-2-21(17-25(20)27)29(38)35-14-9-30(10-15-35)11-16-36(19-30)23-7-12-33-13-8-23/h1-2,4-5,7-8,12-13,17-18,27H,3,6,9-11,14-16,19H2,(H,34,37). The van der Waals surface area contributed by atoms with Gasteiger partial charge in [-0.05, 0) is 91.1 Å². The van der Waals surface area contributed by atoms with Gasteiger partial charge in [0.15, 0.2) is 0 Å². The van der Waals surface area contributed by atoms with E-state index in [4.69, 9.17) is 11.6 Å². The summed E-state index contributed by atoms with van der Waals surface area (Å²) < 4.78 is 13.4. The molecule has 196 valence electrons. The van der Waals surface area contributed by atoms with E-state index in [9.17, 15) is 14.0 Å². The molecule has 3 aromatic rings. The number of hydrogen-bond donors (Lipinski definition) is 1. The minimum Gasteiger partial charge on any atom is -0.371 e. The lowest BCUT2D eigenvalue weighted by atomic mass is 9.77. The molecule has 2 aromatic carbocycles. The number of amides is 2. The Hall–Kier alpha value is -3.45. The van der Waals surface area contributed by atoms with Gasteiger partial charge >= 0.3 is 0 Å². The number of aromatic nitrogens is 1. The van der Waals surface area contributed by atoms with E-state index >= 15 is 0 Å². The second-order valence-corrected chi connectivity index (χ2v) is 11.2. The molecule has 1 aliphatic carbocycles. The molecular weight excluding hydrogens is 503 g/mol. The Labute approximate surface area is 226 Å². The first-order valence-electron chi connectivity index (χ1n) is 13.2. The highest BCUT2D eigenvalue weighted by molar-refractivity contribution is 6.33. The molecule has 1 N–H and O–H groups in total. The fourth-order valence-corrected chi connectivity index (χ4v) is 6.53. The van der Waals surface area contributed by atoms with Gasteiger partial charge < -0.3 is 15.1 Å². The number of halogens is 2. The molecule has 2 amide bonds. The third-order valence-corrected chi connectivity index (χ3v) is 8.84. The van der Waals surface area contributed by atoms with Gasteiger partial charge in [-0.25, -0.2) is 4.39 Å². The highest BCUT2D eigenvalue weighted by Crippen LogP contribution is 2.42. The van der Waals surface area contributed by atoms with Crippen LogP contribution in [0.2, 0.25) is 5.02 Å². The highest BCUT2D eigenvalue weighted by atomic mass is 35.5. The van der Waals surface area contributed by atoms with Crippen molar-refractivity contribution in [3.05, 3.63) is 94.0 Å². The van der Waals surface area contributed by atoms with Gasteiger partial charge in [0.05, 0.1) is 16.6 Å². The Morgan fingerprint density at radius 1 is 1.00 bits per heavy atom. The summed E-state index contributed by atoms with van der Waals surface area (Å²) in [6.45, 7) is 3.57. The first-order valence-corrected chi connectivity index (χ1v) is 13.6. The van der Waals surface area contributed by atoms with E-state index in [-0.39, 0.29) is 33.9 Å². The van der Waals surface area contributed by atoms with Crippen LogP contribution >= 0.6 is 11.6 Å². The van der Waals surface area contributed by atoms with E-state index in [2.05, 4.69) is 27.3 Å². The molecule has 1 unspecified atom stereocenters. The monoisotopic (exact) mass is 532 g/mol. The summed E-state index contributed by atoms with van der Waals surface area (Å²) in [7, 11) is 0. The summed E-state index contributed by atoms with van der Waals surface area (Å²) in [4.78, 5) is 34.9. The zero-order valence-electron chi connectivity index (χ0n) is 21.1. The molecule has 2 fully saturated rings. The number of carbonyl (C=O) groups is 2. The molecule has 0 bridgehead atoms. The van der Waals surface area contributed by atoms with Gasteiger partial charge in [-0.1, -0.05) is 17.7 Å². The Bertz CT molecular complexity index is 1370. The van der Waals surface area contributed by atoms with Crippen molar-refractivity contribution in [1.29, 1.82) is 0 Å². The number of hydrogen-bond acceptors (Lipinski definition) is 4. The quantitative estimate of drug-likeness (QED) is 0.487. The number of anilines is 1. The molecule has 8 heteroatoms. The average molecular weight is 533 g/mol. The number of nitrogens with one attached hydrogen (secondary N) is 1. The molecule has 6 rings (SSSR count). The predicted octanol–water partition coefficient (Wildman–Crippen LogP) is 5.42. The van der Waals surface area contributed by atoms with Crippen molar-refractivity contribution in [3.8, 4) is 0 Å². The van der Waals surface area contributed by atoms with E-state index in [1.54, 1.807) is 0 Å². The minimum atomic E-state index is -0.483. The fraction of sp³-hybridized carbons (Fsp3) is 0.367. The number of pyridine rings is 1. The van der Waals surface area contributed by atoms with Crippen LogP contribution in [0.3, 0.4) is 0 Å². The topological polar surface area (TPSA) is 65.5 Å². The second kappa shape index (κ2) is 10.0. The largest absolute Gasteiger partial charge is 0.371 e. The molecule has 0 radical (unpaired) electrons. The van der Waals surface area contributed by atoms with E-state index in [0.29, 0.717) is 5.56 Å². The summed E-state index contributed by atoms with van der Waals surface area (Å²) in [6.07, 6.45) is 8.41. The molecule has 1 aromatic heterocycles. The van der Waals surface area contributed by atoms with Crippen LogP contribution in [0.5, 0.6) is 0 Å². The van der Waals surface area contributed by atoms with Crippen molar-refractivity contribution in [2.75, 3.05) is 31.1 Å². The number of aryl methyl sites for hydroxylation is 1. The van der Waals surface area contributed by atoms with Gasteiger partial charge in [0.1, 0.15) is 5.82 Å². The lowest BCUT2D eigenvalue weighted by Gasteiger charge is -2.39. The van der Waals surface area contributed by atoms with Gasteiger partial charge in [0, 0.05) is 49.8 Å². The number of fused-ring (bicyclic) bond motifs is 1. The fourth-order valence-electron chi connectivity index (χ4n) is 6.28. The van der Waals surface area contributed by atoms with E-state index in [0.717, 1.165) is 75.5 Å². The number of likely N-dealkylation sites (tertiary alicyclic amines) is 1. The molecule has 6 nitrogen and oxygen atoms in total. The van der Waals surface area contributed by atoms with Crippen molar-refractivity contribution in [2.45, 2.75) is 38.1 Å². The van der Waals surface area contributed by atoms with Crippen LogP contribution in [-0.2, 0) is 6.42 Å². The molecule has 3 aliphatic rings. The maximum absolute atomic E-state index is 13.5. The van der Waals surface area contributed by atoms with E-state index in [1.807, 2.05) is 35.5 Å². The van der Waals surface area contributed by atoms with Crippen molar-refractivity contribution in [1.82, 2.24) is 15.2 Å². The Morgan fingerprint density at radius 3 is 2.53 bits per heavy atom. The van der Waals surface area contributed by atoms with Gasteiger partial charge in [0.25, 0.3) is 11.8 Å². The minimum absolute atomic E-state index is 0.0465. The highest BCUT2D eigenvalue weighted by Gasteiger charge is 2.41. The average Bonchev–Trinajstić information content (AvgIpc) is 3.53. The first kappa shape index (κ1) is 24.9. The van der Waals surface area contributed by atoms with Crippen molar-refractivity contribution in [2.24, 2.45) is 5.41 Å². The van der Waals surface area contributed by atoms with E-state index in [1.165, 1.54) is 17.8 Å². The number of benzene rings is 2. The molecule has 38 heavy (non-hydrogen) atoms. The Morgan fingerprint density at radius 2 is 1.76 bits per heavy atom. The van der Waals surface area contributed by atoms with Gasteiger partial charge in [-0.2, -0.15) is 0 Å². The molecule has 0 saturated carbocycles. The summed E-state index contributed by atoms with van der Waals surface area (Å²) >= 11 is 6.09. The lowest BCUT2D eigenvalue weighted by molar-refractivity contribution is 0.0610. The molecule has 2 aliphatic heterocycles. The maximum atomic E-state index is 13.5. The summed E-state index contributed by atoms with van der Waals surface area (Å²) in [5.74, 6) is -0.781. The number of rotatable bonds is 4. The summed E-state index contributed by atoms with van der Waals surface area (Å²) in [6, 6.07) is 13.5. The predicted molar refractivity (Wildman–Crippen MR) is 145 cm³/mol. The summed E-state index contributed by atoms with van der Waals surface area (Å²) in [5, 5.41) is 3.11. The van der Waals surface area contributed by atoms with Gasteiger partial charge in [-0.15, -0.1) is 0 Å².